The van der Waals surface area contributed by atoms with Crippen molar-refractivity contribution in [2.45, 2.75) is 0 Å². The second-order valence-corrected chi connectivity index (χ2v) is 11.1. The first-order valence-electron chi connectivity index (χ1n) is 9.29. The van der Waals surface area contributed by atoms with Gasteiger partial charge in [0, 0.05) is 0 Å². The number of benzene rings is 3. The second kappa shape index (κ2) is 8.52. The Morgan fingerprint density at radius 3 is 1.77 bits per heavy atom. The fourth-order valence-corrected chi connectivity index (χ4v) is 7.99. The van der Waals surface area contributed by atoms with Crippen molar-refractivity contribution in [1.82, 2.24) is 0 Å². The minimum Gasteiger partial charge on any atom is -0.446 e. The van der Waals surface area contributed by atoms with Gasteiger partial charge in [0.05, 0.1) is 0 Å². The minimum absolute atomic E-state index is 0.434. The van der Waals surface area contributed by atoms with Gasteiger partial charge in [0.2, 0.25) is 21.9 Å². The number of hydrogen-bond donors (Lipinski definition) is 0. The van der Waals surface area contributed by atoms with Crippen molar-refractivity contribution in [2.24, 2.45) is 0 Å². The van der Waals surface area contributed by atoms with Crippen molar-refractivity contribution in [3.63, 3.8) is 0 Å². The van der Waals surface area contributed by atoms with Crippen LogP contribution in [-0.2, 0) is 0 Å². The molecular weight excluding hydrogens is 480 g/mol. The Hall–Kier alpha value is -2.80. The average Bonchev–Trinajstić information content (AvgIpc) is 3.28. The molecule has 5 aromatic rings. The summed E-state index contributed by atoms with van der Waals surface area (Å²) >= 11 is 3.84. The molecule has 0 radical (unpaired) electrons. The quantitative estimate of drug-likeness (QED) is 0.219. The van der Waals surface area contributed by atoms with Crippen LogP contribution in [0.5, 0.6) is 28.1 Å². The molecule has 0 amide bonds. The van der Waals surface area contributed by atoms with E-state index in [9.17, 15) is 0 Å². The maximum absolute atomic E-state index is 6.30. The number of rotatable bonds is 6. The number of thiophene rings is 2. The predicted molar refractivity (Wildman–Crippen MR) is 129 cm³/mol. The highest BCUT2D eigenvalue weighted by molar-refractivity contribution is 9.35. The number of halogens is 1. The molecule has 0 aliphatic carbocycles. The van der Waals surface area contributed by atoms with Gasteiger partial charge in [-0.15, -0.1) is 0 Å². The van der Waals surface area contributed by atoms with Gasteiger partial charge >= 0.3 is 5.06 Å². The fourth-order valence-electron chi connectivity index (χ4n) is 2.99. The van der Waals surface area contributed by atoms with E-state index in [4.69, 9.17) is 13.7 Å². The van der Waals surface area contributed by atoms with Gasteiger partial charge in [0.25, 0.3) is 24.2 Å². The van der Waals surface area contributed by atoms with Crippen LogP contribution >= 0.6 is 34.5 Å². The molecule has 2 aromatic heterocycles. The van der Waals surface area contributed by atoms with Crippen LogP contribution < -0.4 is 13.7 Å². The van der Waals surface area contributed by atoms with Crippen molar-refractivity contribution in [1.29, 1.82) is 0 Å². The second-order valence-electron chi connectivity index (χ2n) is 6.42. The summed E-state index contributed by atoms with van der Waals surface area (Å²) in [7, 11) is -1.01. The highest BCUT2D eigenvalue weighted by atomic mass is 79.9. The van der Waals surface area contributed by atoms with Crippen LogP contribution in [-0.4, -0.2) is 0 Å². The molecular formula is C24H17BrO3S2+2. The lowest BCUT2D eigenvalue weighted by Crippen LogP contribution is -1.82. The number of ether oxygens (including phenoxy) is 2. The number of hydrogen-bond acceptors (Lipinski definition) is 3. The summed E-state index contributed by atoms with van der Waals surface area (Å²) in [4.78, 5) is 0. The SMILES string of the molecule is Br[s+]1c(Oc2ccccc2)cc2c1c(Oc1ccccc1)c[s+]2Oc1ccccc1. The summed E-state index contributed by atoms with van der Waals surface area (Å²) in [6.07, 6.45) is 0. The first-order valence-corrected chi connectivity index (χ1v) is 13.6. The summed E-state index contributed by atoms with van der Waals surface area (Å²) < 4.78 is 20.9. The fraction of sp³-hybridized carbons (Fsp3) is 0. The third-order valence-corrected chi connectivity index (χ3v) is 9.29. The van der Waals surface area contributed by atoms with Gasteiger partial charge < -0.3 is 9.47 Å². The lowest BCUT2D eigenvalue weighted by atomic mass is 10.3. The average molecular weight is 497 g/mol. The Bertz CT molecular complexity index is 1270. The van der Waals surface area contributed by atoms with E-state index in [1.807, 2.05) is 91.0 Å². The predicted octanol–water partition coefficient (Wildman–Crippen LogP) is 8.92. The van der Waals surface area contributed by atoms with Crippen LogP contribution in [0.2, 0.25) is 0 Å². The maximum atomic E-state index is 6.30. The summed E-state index contributed by atoms with van der Waals surface area (Å²) in [5.41, 5.74) is 0. The molecule has 0 fully saturated rings. The maximum Gasteiger partial charge on any atom is 0.352 e. The van der Waals surface area contributed by atoms with Crippen molar-refractivity contribution in [3.8, 4) is 28.1 Å². The van der Waals surface area contributed by atoms with Crippen molar-refractivity contribution in [3.05, 3.63) is 102 Å². The zero-order valence-electron chi connectivity index (χ0n) is 15.7. The van der Waals surface area contributed by atoms with Crippen LogP contribution in [0.1, 0.15) is 0 Å². The van der Waals surface area contributed by atoms with E-state index in [1.54, 1.807) is 0 Å². The molecule has 2 atom stereocenters. The molecule has 0 N–H and O–H groups in total. The zero-order valence-corrected chi connectivity index (χ0v) is 19.0. The van der Waals surface area contributed by atoms with Crippen LogP contribution in [0.15, 0.2) is 102 Å². The third-order valence-electron chi connectivity index (χ3n) is 4.35. The van der Waals surface area contributed by atoms with Crippen molar-refractivity contribution in [2.75, 3.05) is 0 Å². The summed E-state index contributed by atoms with van der Waals surface area (Å²) in [5.74, 6) is 3.23. The van der Waals surface area contributed by atoms with Gasteiger partial charge in [0.1, 0.15) is 26.5 Å². The lowest BCUT2D eigenvalue weighted by Gasteiger charge is -2.00. The summed E-state index contributed by atoms with van der Waals surface area (Å²) in [5, 5.41) is 2.91. The minimum atomic E-state index is -0.574. The van der Waals surface area contributed by atoms with Gasteiger partial charge in [-0.05, 0) is 36.4 Å². The molecule has 148 valence electrons. The van der Waals surface area contributed by atoms with E-state index in [2.05, 4.69) is 26.3 Å². The molecule has 0 spiro atoms. The topological polar surface area (TPSA) is 27.7 Å². The lowest BCUT2D eigenvalue weighted by molar-refractivity contribution is 0.490. The first-order chi connectivity index (χ1) is 14.8. The number of fused-ring (bicyclic) bond motifs is 1. The van der Waals surface area contributed by atoms with Crippen LogP contribution in [0.4, 0.5) is 0 Å². The monoisotopic (exact) mass is 496 g/mol. The van der Waals surface area contributed by atoms with Gasteiger partial charge in [-0.3, -0.25) is 4.18 Å². The smallest absolute Gasteiger partial charge is 0.352 e. The summed E-state index contributed by atoms with van der Waals surface area (Å²) in [6.45, 7) is 0. The zero-order chi connectivity index (χ0) is 20.3. The molecule has 0 aliphatic rings. The Balaban J connectivity index is 1.59. The molecule has 2 heterocycles. The van der Waals surface area contributed by atoms with E-state index in [-0.39, 0.29) is 0 Å². The third kappa shape index (κ3) is 3.94. The van der Waals surface area contributed by atoms with E-state index in [0.29, 0.717) is 0 Å². The van der Waals surface area contributed by atoms with Gasteiger partial charge in [-0.2, -0.15) is 0 Å². The molecule has 0 saturated carbocycles. The van der Waals surface area contributed by atoms with E-state index >= 15 is 0 Å². The van der Waals surface area contributed by atoms with Gasteiger partial charge in [0.15, 0.2) is 5.75 Å². The van der Waals surface area contributed by atoms with Crippen molar-refractivity contribution >= 4 is 43.9 Å². The molecule has 0 aliphatic heterocycles. The Morgan fingerprint density at radius 2 is 1.17 bits per heavy atom. The summed E-state index contributed by atoms with van der Waals surface area (Å²) in [6, 6.07) is 31.5. The largest absolute Gasteiger partial charge is 0.446 e. The van der Waals surface area contributed by atoms with Crippen LogP contribution in [0, 0.1) is 0 Å². The van der Waals surface area contributed by atoms with Crippen LogP contribution in [0.25, 0.3) is 9.40 Å². The van der Waals surface area contributed by atoms with E-state index < -0.39 is 19.7 Å². The molecule has 3 aromatic carbocycles. The molecule has 2 unspecified atom stereocenters. The molecule has 3 nitrogen and oxygen atoms in total. The first kappa shape index (κ1) is 19.2. The molecule has 30 heavy (non-hydrogen) atoms. The normalized spacial score (nSPS) is 12.0. The number of para-hydroxylation sites is 3. The van der Waals surface area contributed by atoms with Gasteiger partial charge in [-0.25, -0.2) is 0 Å². The Morgan fingerprint density at radius 1 is 0.633 bits per heavy atom. The molecule has 0 saturated heterocycles. The van der Waals surface area contributed by atoms with E-state index in [1.165, 1.54) is 0 Å². The standard InChI is InChI=1S/C24H17BrO3S2/c25-30-23(27-19-12-6-2-7-13-19)16-22-24(30)21(26-18-10-4-1-5-11-18)17-29(22)28-20-14-8-3-9-15-20/h1-17H/q+2. The van der Waals surface area contributed by atoms with Crippen molar-refractivity contribution < 1.29 is 13.7 Å². The molecule has 6 heteroatoms. The Kier molecular flexibility index (Phi) is 5.45. The molecule has 0 bridgehead atoms. The molecule has 5 rings (SSSR count). The highest BCUT2D eigenvalue weighted by Gasteiger charge is 2.38. The van der Waals surface area contributed by atoms with Gasteiger partial charge in [-0.1, -0.05) is 54.6 Å². The Labute approximate surface area is 187 Å². The van der Waals surface area contributed by atoms with Crippen LogP contribution in [0.3, 0.4) is 0 Å². The highest BCUT2D eigenvalue weighted by Crippen LogP contribution is 2.57. The van der Waals surface area contributed by atoms with E-state index in [0.717, 1.165) is 37.5 Å².